The molecule has 3 aromatic carbocycles. The molecule has 6 aromatic rings. The molecule has 0 unspecified atom stereocenters. The van der Waals surface area contributed by atoms with E-state index in [0.717, 1.165) is 27.9 Å². The van der Waals surface area contributed by atoms with Gasteiger partial charge in [0, 0.05) is 11.3 Å². The number of ether oxygens (including phenoxy) is 1. The predicted octanol–water partition coefficient (Wildman–Crippen LogP) is 5.19. The zero-order chi connectivity index (χ0) is 27.3. The fourth-order valence-electron chi connectivity index (χ4n) is 5.09. The van der Waals surface area contributed by atoms with Gasteiger partial charge in [0.1, 0.15) is 17.8 Å². The summed E-state index contributed by atoms with van der Waals surface area (Å²) in [7, 11) is 1.41. The summed E-state index contributed by atoms with van der Waals surface area (Å²) in [5.74, 6) is -0.151. The Hall–Kier alpha value is -5.05. The van der Waals surface area contributed by atoms with Gasteiger partial charge in [-0.3, -0.25) is 9.36 Å². The fourth-order valence-corrected chi connectivity index (χ4v) is 5.09. The number of nitrogen functional groups attached to an aromatic ring is 1. The Morgan fingerprint density at radius 2 is 1.74 bits per heavy atom. The minimum atomic E-state index is -0.483. The average Bonchev–Trinajstić information content (AvgIpc) is 3.29. The van der Waals surface area contributed by atoms with Crippen molar-refractivity contribution in [3.63, 3.8) is 0 Å². The van der Waals surface area contributed by atoms with E-state index in [-0.39, 0.29) is 23.7 Å². The van der Waals surface area contributed by atoms with Crippen molar-refractivity contribution in [1.29, 1.82) is 0 Å². The standard InChI is InChI=1S/C30H25FN6O2/c1-17-7-4-5-10-23(17)37-21(13-19-9-6-8-18(2)25(19)30(37)38)15-36-29-26(28(32)33-16-34-29)27(35-36)20-11-12-22(31)24(14-20)39-3/h4-14,16H,15H2,1-3H3,(H2,32,33,34). The molecule has 0 spiro atoms. The van der Waals surface area contributed by atoms with Crippen molar-refractivity contribution in [3.8, 4) is 22.7 Å². The normalized spacial score (nSPS) is 11.4. The smallest absolute Gasteiger partial charge is 0.263 e. The largest absolute Gasteiger partial charge is 0.494 e. The summed E-state index contributed by atoms with van der Waals surface area (Å²) >= 11 is 0. The van der Waals surface area contributed by atoms with Crippen LogP contribution in [0.4, 0.5) is 10.2 Å². The molecule has 0 saturated carbocycles. The van der Waals surface area contributed by atoms with E-state index in [9.17, 15) is 9.18 Å². The number of aryl methyl sites for hydroxylation is 2. The van der Waals surface area contributed by atoms with Crippen molar-refractivity contribution in [2.24, 2.45) is 0 Å². The van der Waals surface area contributed by atoms with Crippen molar-refractivity contribution < 1.29 is 9.13 Å². The summed E-state index contributed by atoms with van der Waals surface area (Å²) in [5.41, 5.74) is 11.1. The first kappa shape index (κ1) is 24.3. The molecule has 6 rings (SSSR count). The van der Waals surface area contributed by atoms with E-state index < -0.39 is 5.82 Å². The zero-order valence-corrected chi connectivity index (χ0v) is 21.6. The first-order valence-electron chi connectivity index (χ1n) is 12.4. The van der Waals surface area contributed by atoms with Crippen LogP contribution in [0.25, 0.3) is 38.8 Å². The minimum Gasteiger partial charge on any atom is -0.494 e. The molecule has 8 nitrogen and oxygen atoms in total. The molecule has 0 aliphatic rings. The first-order valence-corrected chi connectivity index (χ1v) is 12.4. The maximum atomic E-state index is 14.2. The van der Waals surface area contributed by atoms with E-state index in [1.807, 2.05) is 62.4 Å². The Balaban J connectivity index is 1.61. The average molecular weight is 521 g/mol. The van der Waals surface area contributed by atoms with Crippen LogP contribution >= 0.6 is 0 Å². The molecule has 0 atom stereocenters. The number of benzene rings is 3. The molecule has 194 valence electrons. The van der Waals surface area contributed by atoms with Gasteiger partial charge in [-0.25, -0.2) is 19.0 Å². The highest BCUT2D eigenvalue weighted by atomic mass is 19.1. The Bertz CT molecular complexity index is 1960. The zero-order valence-electron chi connectivity index (χ0n) is 21.6. The quantitative estimate of drug-likeness (QED) is 0.336. The van der Waals surface area contributed by atoms with Crippen LogP contribution in [0.2, 0.25) is 0 Å². The van der Waals surface area contributed by atoms with E-state index >= 15 is 0 Å². The Morgan fingerprint density at radius 1 is 0.949 bits per heavy atom. The third-order valence-corrected chi connectivity index (χ3v) is 6.98. The Morgan fingerprint density at radius 3 is 2.54 bits per heavy atom. The summed E-state index contributed by atoms with van der Waals surface area (Å²) in [6, 6.07) is 20.1. The summed E-state index contributed by atoms with van der Waals surface area (Å²) in [4.78, 5) is 22.6. The summed E-state index contributed by atoms with van der Waals surface area (Å²) in [6.07, 6.45) is 1.38. The molecule has 9 heteroatoms. The summed E-state index contributed by atoms with van der Waals surface area (Å²) in [5, 5.41) is 6.89. The number of aromatic nitrogens is 5. The number of methoxy groups -OCH3 is 1. The number of fused-ring (bicyclic) bond motifs is 2. The van der Waals surface area contributed by atoms with Gasteiger partial charge >= 0.3 is 0 Å². The lowest BCUT2D eigenvalue weighted by Gasteiger charge is -2.17. The second-order valence-corrected chi connectivity index (χ2v) is 9.41. The van der Waals surface area contributed by atoms with Crippen molar-refractivity contribution >= 4 is 27.6 Å². The number of rotatable bonds is 5. The van der Waals surface area contributed by atoms with Crippen LogP contribution in [0.1, 0.15) is 16.8 Å². The molecular weight excluding hydrogens is 495 g/mol. The molecule has 0 amide bonds. The van der Waals surface area contributed by atoms with E-state index in [1.165, 1.54) is 19.5 Å². The summed E-state index contributed by atoms with van der Waals surface area (Å²) in [6.45, 7) is 4.14. The maximum absolute atomic E-state index is 14.2. The van der Waals surface area contributed by atoms with Crippen LogP contribution in [0.3, 0.4) is 0 Å². The van der Waals surface area contributed by atoms with E-state index in [4.69, 9.17) is 15.6 Å². The lowest BCUT2D eigenvalue weighted by Crippen LogP contribution is -2.25. The third kappa shape index (κ3) is 3.99. The topological polar surface area (TPSA) is 101 Å². The molecule has 2 N–H and O–H groups in total. The van der Waals surface area contributed by atoms with E-state index in [1.54, 1.807) is 21.4 Å². The highest BCUT2D eigenvalue weighted by Gasteiger charge is 2.21. The van der Waals surface area contributed by atoms with Crippen LogP contribution in [-0.2, 0) is 6.54 Å². The second kappa shape index (κ2) is 9.36. The van der Waals surface area contributed by atoms with Gasteiger partial charge in [0.25, 0.3) is 5.56 Å². The molecule has 3 aromatic heterocycles. The number of para-hydroxylation sites is 1. The molecule has 0 radical (unpaired) electrons. The number of hydrogen-bond acceptors (Lipinski definition) is 6. The van der Waals surface area contributed by atoms with Crippen LogP contribution in [0.5, 0.6) is 5.75 Å². The fraction of sp³-hybridized carbons (Fsp3) is 0.133. The molecule has 0 aliphatic heterocycles. The van der Waals surface area contributed by atoms with E-state index in [0.29, 0.717) is 27.7 Å². The second-order valence-electron chi connectivity index (χ2n) is 9.41. The third-order valence-electron chi connectivity index (χ3n) is 6.98. The Labute approximate surface area is 223 Å². The minimum absolute atomic E-state index is 0.0870. The van der Waals surface area contributed by atoms with Gasteiger partial charge in [-0.05, 0) is 60.7 Å². The maximum Gasteiger partial charge on any atom is 0.263 e. The van der Waals surface area contributed by atoms with Gasteiger partial charge < -0.3 is 10.5 Å². The van der Waals surface area contributed by atoms with Crippen LogP contribution in [0, 0.1) is 19.7 Å². The molecular formula is C30H25FN6O2. The molecule has 0 saturated heterocycles. The van der Waals surface area contributed by atoms with Gasteiger partial charge in [-0.15, -0.1) is 0 Å². The van der Waals surface area contributed by atoms with Crippen molar-refractivity contribution in [2.45, 2.75) is 20.4 Å². The van der Waals surface area contributed by atoms with Gasteiger partial charge in [0.05, 0.1) is 30.1 Å². The number of pyridine rings is 1. The Kier molecular flexibility index (Phi) is 5.83. The van der Waals surface area contributed by atoms with Crippen molar-refractivity contribution in [3.05, 3.63) is 106 Å². The van der Waals surface area contributed by atoms with E-state index in [2.05, 4.69) is 9.97 Å². The van der Waals surface area contributed by atoms with Crippen molar-refractivity contribution in [2.75, 3.05) is 12.8 Å². The van der Waals surface area contributed by atoms with Gasteiger partial charge in [-0.1, -0.05) is 36.4 Å². The molecule has 0 fully saturated rings. The summed E-state index contributed by atoms with van der Waals surface area (Å²) < 4.78 is 22.8. The number of anilines is 1. The van der Waals surface area contributed by atoms with Crippen LogP contribution in [0.15, 0.2) is 77.9 Å². The predicted molar refractivity (Wildman–Crippen MR) is 150 cm³/mol. The highest BCUT2D eigenvalue weighted by molar-refractivity contribution is 5.98. The van der Waals surface area contributed by atoms with Gasteiger partial charge in [0.2, 0.25) is 0 Å². The lowest BCUT2D eigenvalue weighted by molar-refractivity contribution is 0.387. The van der Waals surface area contributed by atoms with Crippen LogP contribution in [-0.4, -0.2) is 31.4 Å². The monoisotopic (exact) mass is 520 g/mol. The number of nitrogens with two attached hydrogens (primary N) is 1. The molecule has 3 heterocycles. The SMILES string of the molecule is COc1cc(-c2nn(Cc3cc4cccc(C)c4c(=O)n3-c3ccccc3C)c3ncnc(N)c23)ccc1F. The number of nitrogens with zero attached hydrogens (tertiary/aromatic N) is 5. The number of hydrogen-bond donors (Lipinski definition) is 1. The van der Waals surface area contributed by atoms with Crippen LogP contribution < -0.4 is 16.0 Å². The molecule has 0 bridgehead atoms. The first-order chi connectivity index (χ1) is 18.9. The van der Waals surface area contributed by atoms with Crippen molar-refractivity contribution in [1.82, 2.24) is 24.3 Å². The van der Waals surface area contributed by atoms with Gasteiger partial charge in [-0.2, -0.15) is 5.10 Å². The van der Waals surface area contributed by atoms with Gasteiger partial charge in [0.15, 0.2) is 17.2 Å². The lowest BCUT2D eigenvalue weighted by atomic mass is 10.1. The molecule has 0 aliphatic carbocycles. The highest BCUT2D eigenvalue weighted by Crippen LogP contribution is 2.33. The number of halogens is 1. The molecule has 39 heavy (non-hydrogen) atoms.